The highest BCUT2D eigenvalue weighted by molar-refractivity contribution is 7.26. The summed E-state index contributed by atoms with van der Waals surface area (Å²) in [5.74, 6) is 0. The van der Waals surface area contributed by atoms with Crippen molar-refractivity contribution in [3.8, 4) is 39.1 Å². The second-order valence-electron chi connectivity index (χ2n) is 25.1. The van der Waals surface area contributed by atoms with Crippen LogP contribution in [0.25, 0.3) is 81.0 Å². The Morgan fingerprint density at radius 2 is 0.952 bits per heavy atom. The molecule has 11 aromatic carbocycles. The maximum absolute atomic E-state index is 2.73. The van der Waals surface area contributed by atoms with Crippen LogP contribution in [-0.2, 0) is 17.3 Å². The average molecular weight is 1090 g/mol. The molecular weight excluding hydrogens is 1020 g/mol. The molecule has 4 heterocycles. The van der Waals surface area contributed by atoms with Crippen molar-refractivity contribution in [1.82, 2.24) is 4.57 Å². The van der Waals surface area contributed by atoms with E-state index in [0.717, 1.165) is 24.9 Å². The minimum Gasteiger partial charge on any atom is -0.311 e. The number of aryl methyl sites for hydroxylation is 1. The van der Waals surface area contributed by atoms with Crippen LogP contribution < -0.4 is 26.2 Å². The summed E-state index contributed by atoms with van der Waals surface area (Å²) in [5, 5.41) is 5.19. The Morgan fingerprint density at radius 3 is 1.57 bits per heavy atom. The fourth-order valence-electron chi connectivity index (χ4n) is 13.7. The average Bonchev–Trinajstić information content (AvgIpc) is 1.80. The van der Waals surface area contributed by atoms with Crippen molar-refractivity contribution >= 4 is 111 Å². The molecule has 13 aromatic rings. The SMILES string of the molecule is CCCCc1c(N2c3cc(-n4c5ccccc5c5ccccc54)ccc3B3c4cc(-c5ccccc5)ccc4N(c4c(-c5ccccc5)cc(C(C)(C)C)cc4-c4ccccc4)c4cc(C(C)(C)C)cc2c43)ccc2c1sc1ccccc12. The van der Waals surface area contributed by atoms with Crippen LogP contribution in [0, 0.1) is 0 Å². The number of fused-ring (bicyclic) bond motifs is 10. The molecule has 0 atom stereocenters. The second-order valence-corrected chi connectivity index (χ2v) is 26.1. The lowest BCUT2D eigenvalue weighted by Crippen LogP contribution is -2.61. The van der Waals surface area contributed by atoms with Gasteiger partial charge in [0.05, 0.1) is 22.4 Å². The molecule has 0 saturated carbocycles. The number of para-hydroxylation sites is 2. The number of nitrogens with zero attached hydrogens (tertiary/aromatic N) is 3. The van der Waals surface area contributed by atoms with Crippen LogP contribution in [0.15, 0.2) is 237 Å². The lowest BCUT2D eigenvalue weighted by atomic mass is 9.33. The molecule has 2 aliphatic heterocycles. The van der Waals surface area contributed by atoms with Crippen LogP contribution in [0.5, 0.6) is 0 Å². The van der Waals surface area contributed by atoms with Gasteiger partial charge >= 0.3 is 0 Å². The maximum Gasteiger partial charge on any atom is 0.252 e. The summed E-state index contributed by atoms with van der Waals surface area (Å²) < 4.78 is 5.22. The van der Waals surface area contributed by atoms with Gasteiger partial charge in [0.1, 0.15) is 0 Å². The Balaban J connectivity index is 1.11. The first-order valence-corrected chi connectivity index (χ1v) is 30.6. The van der Waals surface area contributed by atoms with E-state index in [1.54, 1.807) is 0 Å². The van der Waals surface area contributed by atoms with Crippen molar-refractivity contribution in [3.05, 3.63) is 253 Å². The number of unbranched alkanes of at least 4 members (excludes halogenated alkanes) is 1. The van der Waals surface area contributed by atoms with E-state index in [1.165, 1.54) is 143 Å². The first kappa shape index (κ1) is 51.0. The lowest BCUT2D eigenvalue weighted by molar-refractivity contribution is 0.590. The Morgan fingerprint density at radius 1 is 0.410 bits per heavy atom. The third kappa shape index (κ3) is 8.29. The van der Waals surface area contributed by atoms with E-state index in [4.69, 9.17) is 0 Å². The molecule has 15 rings (SSSR count). The van der Waals surface area contributed by atoms with E-state index in [9.17, 15) is 0 Å². The summed E-state index contributed by atoms with van der Waals surface area (Å²) in [7, 11) is 0. The highest BCUT2D eigenvalue weighted by atomic mass is 32.1. The molecule has 2 aliphatic rings. The number of thiophene rings is 1. The molecule has 0 aliphatic carbocycles. The van der Waals surface area contributed by atoms with Gasteiger partial charge in [-0.2, -0.15) is 0 Å². The van der Waals surface area contributed by atoms with Crippen molar-refractivity contribution in [3.63, 3.8) is 0 Å². The third-order valence-corrected chi connectivity index (χ3v) is 19.1. The predicted molar refractivity (Wildman–Crippen MR) is 360 cm³/mol. The smallest absolute Gasteiger partial charge is 0.252 e. The van der Waals surface area contributed by atoms with Crippen LogP contribution in [0.4, 0.5) is 34.1 Å². The molecule has 0 amide bonds. The van der Waals surface area contributed by atoms with Gasteiger partial charge in [0.2, 0.25) is 0 Å². The molecule has 0 unspecified atom stereocenters. The monoisotopic (exact) mass is 1090 g/mol. The molecule has 2 aromatic heterocycles. The second kappa shape index (κ2) is 19.6. The number of hydrogen-bond donors (Lipinski definition) is 0. The van der Waals surface area contributed by atoms with E-state index in [1.807, 2.05) is 11.3 Å². The van der Waals surface area contributed by atoms with Gasteiger partial charge in [0.15, 0.2) is 0 Å². The third-order valence-electron chi connectivity index (χ3n) is 17.9. The normalized spacial score (nSPS) is 13.1. The van der Waals surface area contributed by atoms with Gasteiger partial charge in [-0.1, -0.05) is 225 Å². The van der Waals surface area contributed by atoms with Gasteiger partial charge in [-0.15, -0.1) is 11.3 Å². The highest BCUT2D eigenvalue weighted by Gasteiger charge is 2.46. The van der Waals surface area contributed by atoms with E-state index in [0.29, 0.717) is 0 Å². The van der Waals surface area contributed by atoms with Crippen molar-refractivity contribution < 1.29 is 0 Å². The minimum absolute atomic E-state index is 0.122. The molecule has 402 valence electrons. The fraction of sp³-hybridized carbons (Fsp3) is 0.154. The van der Waals surface area contributed by atoms with Crippen LogP contribution in [-0.4, -0.2) is 11.3 Å². The minimum atomic E-state index is -0.220. The molecule has 0 bridgehead atoms. The van der Waals surface area contributed by atoms with Gasteiger partial charge in [-0.25, -0.2) is 0 Å². The number of hydrogen-bond acceptors (Lipinski definition) is 3. The van der Waals surface area contributed by atoms with Crippen LogP contribution in [0.3, 0.4) is 0 Å². The van der Waals surface area contributed by atoms with Gasteiger partial charge < -0.3 is 14.4 Å². The summed E-state index contributed by atoms with van der Waals surface area (Å²) in [6.07, 6.45) is 3.16. The van der Waals surface area contributed by atoms with Crippen molar-refractivity contribution in [2.45, 2.75) is 78.6 Å². The summed E-state index contributed by atoms with van der Waals surface area (Å²) in [4.78, 5) is 5.43. The summed E-state index contributed by atoms with van der Waals surface area (Å²) >= 11 is 1.96. The standard InChI is InChI=1S/C78H66BN3S/c1-8-9-31-61-68(43-40-60-59-34-21-24-37-73(59)83-76(60)61)81-70-49-56(80-66-35-22-19-32-57(66)58-33-20-23-36-67(58)80)39-41-64(70)79-65-44-53(50-25-13-10-14-26-50)38-42-69(65)82(72-48-55(78(5,6)7)47-71(81)74(72)79)75-62(51-27-15-11-16-28-51)45-54(77(2,3)4)46-63(75)52-29-17-12-18-30-52/h10-30,32-49H,8-9,31H2,1-7H3. The molecule has 5 heteroatoms. The van der Waals surface area contributed by atoms with E-state index in [-0.39, 0.29) is 17.5 Å². The summed E-state index contributed by atoms with van der Waals surface area (Å²) in [5.41, 5.74) is 25.6. The number of benzene rings is 11. The van der Waals surface area contributed by atoms with Crippen molar-refractivity contribution in [2.24, 2.45) is 0 Å². The van der Waals surface area contributed by atoms with Crippen molar-refractivity contribution in [2.75, 3.05) is 9.80 Å². The molecule has 0 fully saturated rings. The first-order valence-electron chi connectivity index (χ1n) is 29.8. The Labute approximate surface area is 492 Å². The van der Waals surface area contributed by atoms with Crippen molar-refractivity contribution in [1.29, 1.82) is 0 Å². The van der Waals surface area contributed by atoms with Crippen LogP contribution in [0.2, 0.25) is 0 Å². The van der Waals surface area contributed by atoms with Gasteiger partial charge in [0.25, 0.3) is 6.71 Å². The topological polar surface area (TPSA) is 11.4 Å². The van der Waals surface area contributed by atoms with E-state index >= 15 is 0 Å². The molecule has 3 nitrogen and oxygen atoms in total. The molecule has 83 heavy (non-hydrogen) atoms. The van der Waals surface area contributed by atoms with Gasteiger partial charge in [0, 0.05) is 70.5 Å². The molecular formula is C78H66BN3S. The molecule has 0 N–H and O–H groups in total. The Bertz CT molecular complexity index is 4580. The molecule has 0 saturated heterocycles. The summed E-state index contributed by atoms with van der Waals surface area (Å²) in [6.45, 7) is 16.5. The Kier molecular flexibility index (Phi) is 12.1. The molecule has 0 spiro atoms. The first-order chi connectivity index (χ1) is 40.4. The van der Waals surface area contributed by atoms with Gasteiger partial charge in [-0.05, 0) is 146 Å². The zero-order chi connectivity index (χ0) is 56.3. The maximum atomic E-state index is 2.73. The summed E-state index contributed by atoms with van der Waals surface area (Å²) in [6, 6.07) is 90.1. The highest BCUT2D eigenvalue weighted by Crippen LogP contribution is 2.54. The van der Waals surface area contributed by atoms with Crippen LogP contribution in [0.1, 0.15) is 78.0 Å². The predicted octanol–water partition coefficient (Wildman–Crippen LogP) is 20.2. The van der Waals surface area contributed by atoms with E-state index in [2.05, 4.69) is 299 Å². The zero-order valence-corrected chi connectivity index (χ0v) is 49.3. The largest absolute Gasteiger partial charge is 0.311 e. The van der Waals surface area contributed by atoms with E-state index < -0.39 is 0 Å². The zero-order valence-electron chi connectivity index (χ0n) is 48.5. The fourth-order valence-corrected chi connectivity index (χ4v) is 15.0. The number of aromatic nitrogens is 1. The van der Waals surface area contributed by atoms with Gasteiger partial charge in [-0.3, -0.25) is 0 Å². The lowest BCUT2D eigenvalue weighted by Gasteiger charge is -2.46. The Hall–Kier alpha value is -8.90. The number of anilines is 6. The van der Waals surface area contributed by atoms with Crippen LogP contribution >= 0.6 is 11.3 Å². The number of rotatable bonds is 9. The molecule has 0 radical (unpaired) electrons. The quantitative estimate of drug-likeness (QED) is 0.133.